The maximum Gasteiger partial charge on any atom is 0.298 e. The molecule has 2 aromatic heterocycles. The summed E-state index contributed by atoms with van der Waals surface area (Å²) in [5, 5.41) is 8.55. The summed E-state index contributed by atoms with van der Waals surface area (Å²) in [6.07, 6.45) is 0.912. The average molecular weight is 326 g/mol. The third-order valence-electron chi connectivity index (χ3n) is 4.66. The summed E-state index contributed by atoms with van der Waals surface area (Å²) in [6.45, 7) is 6.69. The highest BCUT2D eigenvalue weighted by Crippen LogP contribution is 2.22. The Morgan fingerprint density at radius 1 is 1.04 bits per heavy atom. The topological polar surface area (TPSA) is 63.2 Å². The number of hydrogen-bond donors (Lipinski definition) is 0. The van der Waals surface area contributed by atoms with Crippen LogP contribution in [0.5, 0.6) is 0 Å². The van der Waals surface area contributed by atoms with Crippen molar-refractivity contribution in [3.05, 3.63) is 35.9 Å². The fourth-order valence-electron chi connectivity index (χ4n) is 3.14. The normalized spacial score (nSPS) is 16.2. The van der Waals surface area contributed by atoms with Gasteiger partial charge in [-0.3, -0.25) is 4.90 Å². The van der Waals surface area contributed by atoms with E-state index in [4.69, 9.17) is 4.42 Å². The molecule has 126 valence electrons. The van der Waals surface area contributed by atoms with E-state index < -0.39 is 0 Å². The van der Waals surface area contributed by atoms with Crippen molar-refractivity contribution in [2.45, 2.75) is 19.9 Å². The van der Waals surface area contributed by atoms with Crippen LogP contribution in [0.15, 0.2) is 28.7 Å². The smallest absolute Gasteiger partial charge is 0.298 e. The van der Waals surface area contributed by atoms with E-state index in [-0.39, 0.29) is 0 Å². The second kappa shape index (κ2) is 6.24. The third-order valence-corrected chi connectivity index (χ3v) is 4.66. The summed E-state index contributed by atoms with van der Waals surface area (Å²) >= 11 is 0. The number of anilines is 1. The number of para-hydroxylation sites is 2. The molecule has 24 heavy (non-hydrogen) atoms. The van der Waals surface area contributed by atoms with Crippen LogP contribution in [0.3, 0.4) is 0 Å². The number of rotatable bonds is 4. The molecule has 4 rings (SSSR count). The number of oxazole rings is 1. The average Bonchev–Trinajstić information content (AvgIpc) is 3.19. The SMILES string of the molecule is CCc1nnc(CN2CCN(c3nc4ccccc4o3)CC2)n1C. The Kier molecular flexibility index (Phi) is 3.93. The van der Waals surface area contributed by atoms with E-state index in [0.717, 1.165) is 67.9 Å². The molecule has 3 heterocycles. The summed E-state index contributed by atoms with van der Waals surface area (Å²) in [6, 6.07) is 8.63. The second-order valence-corrected chi connectivity index (χ2v) is 6.17. The lowest BCUT2D eigenvalue weighted by molar-refractivity contribution is 0.237. The summed E-state index contributed by atoms with van der Waals surface area (Å²) in [5.74, 6) is 2.07. The molecule has 0 radical (unpaired) electrons. The van der Waals surface area contributed by atoms with Gasteiger partial charge >= 0.3 is 0 Å². The van der Waals surface area contributed by atoms with Gasteiger partial charge in [0.15, 0.2) is 5.58 Å². The van der Waals surface area contributed by atoms with E-state index >= 15 is 0 Å². The number of aryl methyl sites for hydroxylation is 1. The molecule has 1 saturated heterocycles. The van der Waals surface area contributed by atoms with Crippen LogP contribution < -0.4 is 4.90 Å². The fourth-order valence-corrected chi connectivity index (χ4v) is 3.14. The second-order valence-electron chi connectivity index (χ2n) is 6.17. The standard InChI is InChI=1S/C17H22N6O/c1-3-15-19-20-16(21(15)2)12-22-8-10-23(11-9-22)17-18-13-6-4-5-7-14(13)24-17/h4-7H,3,8-12H2,1-2H3. The molecule has 1 aliphatic rings. The van der Waals surface area contributed by atoms with Crippen LogP contribution in [-0.4, -0.2) is 50.8 Å². The molecule has 0 amide bonds. The number of aromatic nitrogens is 4. The van der Waals surface area contributed by atoms with Gasteiger partial charge in [0.2, 0.25) is 0 Å². The molecule has 0 spiro atoms. The number of piperazine rings is 1. The molecular weight excluding hydrogens is 304 g/mol. The largest absolute Gasteiger partial charge is 0.423 e. The molecular formula is C17H22N6O. The summed E-state index contributed by atoms with van der Waals surface area (Å²) < 4.78 is 7.97. The lowest BCUT2D eigenvalue weighted by Crippen LogP contribution is -2.46. The first-order valence-electron chi connectivity index (χ1n) is 8.44. The van der Waals surface area contributed by atoms with Crippen molar-refractivity contribution in [2.24, 2.45) is 7.05 Å². The van der Waals surface area contributed by atoms with Crippen LogP contribution >= 0.6 is 0 Å². The molecule has 0 N–H and O–H groups in total. The van der Waals surface area contributed by atoms with Crippen molar-refractivity contribution in [3.63, 3.8) is 0 Å². The summed E-state index contributed by atoms with van der Waals surface area (Å²) in [7, 11) is 2.04. The molecule has 1 aromatic carbocycles. The Morgan fingerprint density at radius 2 is 1.79 bits per heavy atom. The molecule has 7 nitrogen and oxygen atoms in total. The Hall–Kier alpha value is -2.41. The van der Waals surface area contributed by atoms with Crippen molar-refractivity contribution >= 4 is 17.1 Å². The zero-order valence-electron chi connectivity index (χ0n) is 14.1. The predicted molar refractivity (Wildman–Crippen MR) is 91.9 cm³/mol. The Labute approximate surface area is 140 Å². The van der Waals surface area contributed by atoms with Gasteiger partial charge in [0, 0.05) is 39.6 Å². The Morgan fingerprint density at radius 3 is 2.50 bits per heavy atom. The first-order valence-corrected chi connectivity index (χ1v) is 8.44. The van der Waals surface area contributed by atoms with E-state index in [1.807, 2.05) is 31.3 Å². The van der Waals surface area contributed by atoms with Gasteiger partial charge in [0.1, 0.15) is 17.2 Å². The zero-order valence-corrected chi connectivity index (χ0v) is 14.1. The highest BCUT2D eigenvalue weighted by Gasteiger charge is 2.22. The van der Waals surface area contributed by atoms with Crippen molar-refractivity contribution in [1.82, 2.24) is 24.6 Å². The molecule has 7 heteroatoms. The lowest BCUT2D eigenvalue weighted by atomic mass is 10.3. The van der Waals surface area contributed by atoms with Gasteiger partial charge in [0.05, 0.1) is 6.54 Å². The fraction of sp³-hybridized carbons (Fsp3) is 0.471. The van der Waals surface area contributed by atoms with Crippen LogP contribution in [0.1, 0.15) is 18.6 Å². The van der Waals surface area contributed by atoms with E-state index in [9.17, 15) is 0 Å². The number of benzene rings is 1. The minimum Gasteiger partial charge on any atom is -0.423 e. The van der Waals surface area contributed by atoms with Crippen LogP contribution in [0, 0.1) is 0 Å². The van der Waals surface area contributed by atoms with Gasteiger partial charge in [-0.05, 0) is 12.1 Å². The van der Waals surface area contributed by atoms with E-state index in [1.165, 1.54) is 0 Å². The van der Waals surface area contributed by atoms with Gasteiger partial charge in [-0.2, -0.15) is 4.98 Å². The lowest BCUT2D eigenvalue weighted by Gasteiger charge is -2.33. The molecule has 1 fully saturated rings. The molecule has 3 aromatic rings. The summed E-state index contributed by atoms with van der Waals surface area (Å²) in [5.41, 5.74) is 1.77. The number of hydrogen-bond acceptors (Lipinski definition) is 6. The van der Waals surface area contributed by atoms with Gasteiger partial charge in [0.25, 0.3) is 6.01 Å². The van der Waals surface area contributed by atoms with Crippen molar-refractivity contribution < 1.29 is 4.42 Å². The molecule has 0 saturated carbocycles. The maximum atomic E-state index is 5.87. The Bertz CT molecular complexity index is 798. The van der Waals surface area contributed by atoms with Crippen LogP contribution in [0.4, 0.5) is 6.01 Å². The van der Waals surface area contributed by atoms with Crippen LogP contribution in [0.25, 0.3) is 11.1 Å². The van der Waals surface area contributed by atoms with Crippen LogP contribution in [-0.2, 0) is 20.0 Å². The minimum absolute atomic E-state index is 0.725. The van der Waals surface area contributed by atoms with Crippen molar-refractivity contribution in [3.8, 4) is 0 Å². The highest BCUT2D eigenvalue weighted by molar-refractivity contribution is 5.74. The molecule has 1 aliphatic heterocycles. The quantitative estimate of drug-likeness (QED) is 0.729. The monoisotopic (exact) mass is 326 g/mol. The molecule has 0 bridgehead atoms. The molecule has 0 unspecified atom stereocenters. The number of fused-ring (bicyclic) bond motifs is 1. The Balaban J connectivity index is 1.40. The minimum atomic E-state index is 0.725. The van der Waals surface area contributed by atoms with Crippen molar-refractivity contribution in [1.29, 1.82) is 0 Å². The molecule has 0 atom stereocenters. The van der Waals surface area contributed by atoms with Crippen LogP contribution in [0.2, 0.25) is 0 Å². The maximum absolute atomic E-state index is 5.87. The van der Waals surface area contributed by atoms with Gasteiger partial charge in [-0.25, -0.2) is 0 Å². The number of nitrogens with zero attached hydrogens (tertiary/aromatic N) is 6. The zero-order chi connectivity index (χ0) is 16.5. The third kappa shape index (κ3) is 2.75. The first-order chi connectivity index (χ1) is 11.7. The van der Waals surface area contributed by atoms with E-state index in [2.05, 4.69) is 36.5 Å². The van der Waals surface area contributed by atoms with Gasteiger partial charge in [-0.15, -0.1) is 10.2 Å². The van der Waals surface area contributed by atoms with E-state index in [0.29, 0.717) is 0 Å². The predicted octanol–water partition coefficient (Wildman–Crippen LogP) is 1.84. The molecule has 0 aliphatic carbocycles. The highest BCUT2D eigenvalue weighted by atomic mass is 16.4. The van der Waals surface area contributed by atoms with E-state index in [1.54, 1.807) is 0 Å². The first kappa shape index (κ1) is 15.1. The summed E-state index contributed by atoms with van der Waals surface area (Å²) in [4.78, 5) is 9.21. The van der Waals surface area contributed by atoms with Crippen molar-refractivity contribution in [2.75, 3.05) is 31.1 Å². The van der Waals surface area contributed by atoms with Gasteiger partial charge in [-0.1, -0.05) is 19.1 Å². The van der Waals surface area contributed by atoms with Gasteiger partial charge < -0.3 is 13.9 Å².